The summed E-state index contributed by atoms with van der Waals surface area (Å²) in [5.41, 5.74) is 0. The lowest BCUT2D eigenvalue weighted by molar-refractivity contribution is 0.0536. The zero-order valence-corrected chi connectivity index (χ0v) is 19.2. The molecule has 0 amide bonds. The van der Waals surface area contributed by atoms with Gasteiger partial charge in [-0.15, -0.1) is 24.0 Å². The van der Waals surface area contributed by atoms with E-state index in [-0.39, 0.29) is 24.0 Å². The van der Waals surface area contributed by atoms with Crippen LogP contribution < -0.4 is 5.32 Å². The van der Waals surface area contributed by atoms with Crippen LogP contribution >= 0.6 is 24.0 Å². The van der Waals surface area contributed by atoms with Crippen molar-refractivity contribution in [3.8, 4) is 0 Å². The predicted octanol–water partition coefficient (Wildman–Crippen LogP) is 2.43. The van der Waals surface area contributed by atoms with E-state index in [0.717, 1.165) is 38.2 Å². The molecule has 0 saturated carbocycles. The summed E-state index contributed by atoms with van der Waals surface area (Å²) in [5, 5.41) is 3.55. The zero-order valence-electron chi connectivity index (χ0n) is 16.9. The largest absolute Gasteiger partial charge is 0.382 e. The van der Waals surface area contributed by atoms with Gasteiger partial charge in [-0.2, -0.15) is 0 Å². The standard InChI is InChI=1S/C19H38N4O2.HI/c1-17-7-4-5-10-22(17)11-6-9-21-19(20-2)23-12-8-18(15-23)16-25-14-13-24-3;/h17-18H,4-16H2,1-3H3,(H,20,21);1H. The lowest BCUT2D eigenvalue weighted by Gasteiger charge is -2.33. The van der Waals surface area contributed by atoms with Crippen LogP contribution in [0, 0.1) is 5.92 Å². The van der Waals surface area contributed by atoms with Crippen LogP contribution in [0.15, 0.2) is 4.99 Å². The van der Waals surface area contributed by atoms with E-state index in [1.807, 2.05) is 7.05 Å². The minimum atomic E-state index is 0. The first kappa shape index (κ1) is 23.9. The first-order chi connectivity index (χ1) is 12.2. The van der Waals surface area contributed by atoms with E-state index >= 15 is 0 Å². The maximum atomic E-state index is 5.68. The SMILES string of the molecule is CN=C(NCCCN1CCCCC1C)N1CCC(COCCOC)C1.I. The van der Waals surface area contributed by atoms with E-state index in [9.17, 15) is 0 Å². The van der Waals surface area contributed by atoms with Gasteiger partial charge in [0, 0.05) is 52.3 Å². The van der Waals surface area contributed by atoms with E-state index in [4.69, 9.17) is 9.47 Å². The topological polar surface area (TPSA) is 49.3 Å². The van der Waals surface area contributed by atoms with Crippen molar-refractivity contribution in [2.45, 2.75) is 45.1 Å². The van der Waals surface area contributed by atoms with Gasteiger partial charge in [0.15, 0.2) is 5.96 Å². The molecule has 0 radical (unpaired) electrons. The van der Waals surface area contributed by atoms with Gasteiger partial charge in [-0.1, -0.05) is 6.42 Å². The van der Waals surface area contributed by atoms with Gasteiger partial charge in [0.1, 0.15) is 0 Å². The Morgan fingerprint density at radius 2 is 2.04 bits per heavy atom. The molecule has 7 heteroatoms. The van der Waals surface area contributed by atoms with Crippen molar-refractivity contribution in [1.82, 2.24) is 15.1 Å². The first-order valence-electron chi connectivity index (χ1n) is 10.0. The second-order valence-electron chi connectivity index (χ2n) is 7.38. The molecule has 2 rings (SSSR count). The Morgan fingerprint density at radius 1 is 1.19 bits per heavy atom. The van der Waals surface area contributed by atoms with Gasteiger partial charge in [0.25, 0.3) is 0 Å². The van der Waals surface area contributed by atoms with E-state index in [0.29, 0.717) is 19.1 Å². The van der Waals surface area contributed by atoms with Gasteiger partial charge in [-0.3, -0.25) is 4.99 Å². The molecule has 0 aromatic heterocycles. The maximum Gasteiger partial charge on any atom is 0.193 e. The molecule has 6 nitrogen and oxygen atoms in total. The number of rotatable bonds is 9. The lowest BCUT2D eigenvalue weighted by atomic mass is 10.0. The van der Waals surface area contributed by atoms with Gasteiger partial charge in [0.2, 0.25) is 0 Å². The van der Waals surface area contributed by atoms with Crippen LogP contribution in [0.25, 0.3) is 0 Å². The van der Waals surface area contributed by atoms with E-state index in [2.05, 4.69) is 27.0 Å². The molecule has 2 aliphatic rings. The molecular weight excluding hydrogens is 443 g/mol. The maximum absolute atomic E-state index is 5.68. The number of piperidine rings is 1. The highest BCUT2D eigenvalue weighted by atomic mass is 127. The first-order valence-corrected chi connectivity index (χ1v) is 10.0. The fourth-order valence-corrected chi connectivity index (χ4v) is 3.86. The van der Waals surface area contributed by atoms with Crippen molar-refractivity contribution in [2.24, 2.45) is 10.9 Å². The van der Waals surface area contributed by atoms with Gasteiger partial charge in [-0.05, 0) is 39.2 Å². The molecule has 0 bridgehead atoms. The smallest absolute Gasteiger partial charge is 0.193 e. The van der Waals surface area contributed by atoms with Crippen LogP contribution in [-0.2, 0) is 9.47 Å². The highest BCUT2D eigenvalue weighted by Crippen LogP contribution is 2.17. The number of aliphatic imine (C=N–C) groups is 1. The highest BCUT2D eigenvalue weighted by Gasteiger charge is 2.25. The molecule has 1 N–H and O–H groups in total. The Hall–Kier alpha value is -0.120. The molecule has 2 fully saturated rings. The van der Waals surface area contributed by atoms with Crippen molar-refractivity contribution in [1.29, 1.82) is 0 Å². The minimum Gasteiger partial charge on any atom is -0.382 e. The molecule has 2 saturated heterocycles. The average Bonchev–Trinajstić information content (AvgIpc) is 3.09. The van der Waals surface area contributed by atoms with Crippen molar-refractivity contribution in [3.63, 3.8) is 0 Å². The molecule has 2 atom stereocenters. The lowest BCUT2D eigenvalue weighted by Crippen LogP contribution is -2.42. The number of nitrogens with one attached hydrogen (secondary N) is 1. The second kappa shape index (κ2) is 14.0. The summed E-state index contributed by atoms with van der Waals surface area (Å²) < 4.78 is 10.7. The number of likely N-dealkylation sites (tertiary alicyclic amines) is 2. The van der Waals surface area contributed by atoms with Crippen LogP contribution in [0.5, 0.6) is 0 Å². The fraction of sp³-hybridized carbons (Fsp3) is 0.947. The molecule has 0 aromatic carbocycles. The second-order valence-corrected chi connectivity index (χ2v) is 7.38. The number of methoxy groups -OCH3 is 1. The summed E-state index contributed by atoms with van der Waals surface area (Å²) in [5.74, 6) is 1.65. The van der Waals surface area contributed by atoms with Crippen LogP contribution in [0.3, 0.4) is 0 Å². The van der Waals surface area contributed by atoms with Gasteiger partial charge in [0.05, 0.1) is 19.8 Å². The van der Waals surface area contributed by atoms with Crippen molar-refractivity contribution in [2.75, 3.05) is 66.7 Å². The fourth-order valence-electron chi connectivity index (χ4n) is 3.86. The Morgan fingerprint density at radius 3 is 2.77 bits per heavy atom. The number of halogens is 1. The van der Waals surface area contributed by atoms with Crippen molar-refractivity contribution < 1.29 is 9.47 Å². The monoisotopic (exact) mass is 482 g/mol. The average molecular weight is 482 g/mol. The summed E-state index contributed by atoms with van der Waals surface area (Å²) in [6, 6.07) is 0.755. The van der Waals surface area contributed by atoms with E-state index in [1.165, 1.54) is 45.2 Å². The van der Waals surface area contributed by atoms with Gasteiger partial charge in [-0.25, -0.2) is 0 Å². The molecule has 2 heterocycles. The Bertz CT molecular complexity index is 398. The van der Waals surface area contributed by atoms with Crippen LogP contribution in [0.2, 0.25) is 0 Å². The molecule has 0 spiro atoms. The molecule has 26 heavy (non-hydrogen) atoms. The summed E-state index contributed by atoms with van der Waals surface area (Å²) in [6.07, 6.45) is 6.48. The van der Waals surface area contributed by atoms with Crippen molar-refractivity contribution in [3.05, 3.63) is 0 Å². The number of nitrogens with zero attached hydrogens (tertiary/aromatic N) is 3. The summed E-state index contributed by atoms with van der Waals surface area (Å²) in [7, 11) is 3.60. The van der Waals surface area contributed by atoms with E-state index in [1.54, 1.807) is 7.11 Å². The third-order valence-electron chi connectivity index (χ3n) is 5.43. The summed E-state index contributed by atoms with van der Waals surface area (Å²) in [4.78, 5) is 9.48. The molecule has 2 aliphatic heterocycles. The van der Waals surface area contributed by atoms with Crippen LogP contribution in [0.1, 0.15) is 39.0 Å². The summed E-state index contributed by atoms with van der Waals surface area (Å²) in [6.45, 7) is 10.1. The molecular formula is C19H39IN4O2. The van der Waals surface area contributed by atoms with Gasteiger partial charge >= 0.3 is 0 Å². The molecule has 0 aliphatic carbocycles. The Balaban J connectivity index is 0.00000338. The van der Waals surface area contributed by atoms with Crippen LogP contribution in [0.4, 0.5) is 0 Å². The Kier molecular flexibility index (Phi) is 12.8. The Labute approximate surface area is 177 Å². The highest BCUT2D eigenvalue weighted by molar-refractivity contribution is 14.0. The predicted molar refractivity (Wildman–Crippen MR) is 119 cm³/mol. The number of hydrogen-bond acceptors (Lipinski definition) is 4. The third-order valence-corrected chi connectivity index (χ3v) is 5.43. The minimum absolute atomic E-state index is 0. The molecule has 2 unspecified atom stereocenters. The number of ether oxygens (including phenoxy) is 2. The summed E-state index contributed by atoms with van der Waals surface area (Å²) >= 11 is 0. The molecule has 154 valence electrons. The third kappa shape index (κ3) is 8.27. The number of guanidine groups is 1. The van der Waals surface area contributed by atoms with Crippen molar-refractivity contribution >= 4 is 29.9 Å². The normalized spacial score (nSPS) is 24.6. The van der Waals surface area contributed by atoms with Crippen LogP contribution in [-0.4, -0.2) is 88.5 Å². The van der Waals surface area contributed by atoms with Gasteiger partial charge < -0.3 is 24.6 Å². The quantitative estimate of drug-likeness (QED) is 0.237. The zero-order chi connectivity index (χ0) is 17.9. The van der Waals surface area contributed by atoms with E-state index < -0.39 is 0 Å². The number of hydrogen-bond donors (Lipinski definition) is 1. The molecule has 0 aromatic rings.